The van der Waals surface area contributed by atoms with Crippen molar-refractivity contribution < 1.29 is 28.7 Å². The van der Waals surface area contributed by atoms with Gasteiger partial charge in [0, 0.05) is 98.0 Å². The largest absolute Gasteiger partial charge is 0.494 e. The average molecular weight is 796 g/mol. The maximum Gasteiger partial charge on any atom is 0.262 e. The Balaban J connectivity index is 0.608. The van der Waals surface area contributed by atoms with Crippen molar-refractivity contribution >= 4 is 45.4 Å². The summed E-state index contributed by atoms with van der Waals surface area (Å²) in [5, 5.41) is 4.60. The fourth-order valence-corrected chi connectivity index (χ4v) is 10.2. The maximum absolute atomic E-state index is 13.1. The Bertz CT molecular complexity index is 2480. The third-order valence-electron chi connectivity index (χ3n) is 13.6. The normalized spacial score (nSPS) is 22.8. The molecule has 2 saturated carbocycles. The molecule has 304 valence electrons. The number of likely N-dealkylation sites (tertiary alicyclic amines) is 1. The summed E-state index contributed by atoms with van der Waals surface area (Å²) in [6.45, 7) is 4.00. The van der Waals surface area contributed by atoms with Crippen molar-refractivity contribution in [2.75, 3.05) is 33.3 Å². The van der Waals surface area contributed by atoms with E-state index in [0.717, 1.165) is 54.7 Å². The molecule has 4 fully saturated rings. The van der Waals surface area contributed by atoms with Crippen LogP contribution in [0, 0.1) is 5.41 Å². The summed E-state index contributed by atoms with van der Waals surface area (Å²) < 4.78 is 14.5. The van der Waals surface area contributed by atoms with Crippen LogP contribution in [0.4, 0.5) is 0 Å². The van der Waals surface area contributed by atoms with Gasteiger partial charge in [0.2, 0.25) is 17.7 Å². The number of hydrogen-bond acceptors (Lipinski definition) is 10. The van der Waals surface area contributed by atoms with Crippen LogP contribution in [0.25, 0.3) is 32.9 Å². The molecular weight excluding hydrogens is 747 g/mol. The van der Waals surface area contributed by atoms with Crippen LogP contribution in [0.2, 0.25) is 0 Å². The van der Waals surface area contributed by atoms with E-state index in [1.54, 1.807) is 18.2 Å². The molecule has 3 aromatic heterocycles. The van der Waals surface area contributed by atoms with Crippen LogP contribution in [-0.2, 0) is 16.6 Å². The van der Waals surface area contributed by atoms with Crippen molar-refractivity contribution in [1.29, 1.82) is 0 Å². The Morgan fingerprint density at radius 1 is 0.847 bits per heavy atom. The van der Waals surface area contributed by atoms with Gasteiger partial charge in [-0.25, -0.2) is 4.98 Å². The molecule has 4 amide bonds. The van der Waals surface area contributed by atoms with Gasteiger partial charge in [0.05, 0.1) is 23.3 Å². The fourth-order valence-electron chi connectivity index (χ4n) is 10.2. The molecule has 1 N–H and O–H groups in total. The van der Waals surface area contributed by atoms with Gasteiger partial charge < -0.3 is 23.8 Å². The quantitative estimate of drug-likeness (QED) is 0.116. The molecule has 0 radical (unpaired) electrons. The predicted molar refractivity (Wildman–Crippen MR) is 221 cm³/mol. The molecule has 0 bridgehead atoms. The summed E-state index contributed by atoms with van der Waals surface area (Å²) in [4.78, 5) is 65.1. The molecule has 5 aromatic rings. The maximum atomic E-state index is 13.1. The first-order chi connectivity index (χ1) is 28.6. The first-order valence-corrected chi connectivity index (χ1v) is 21.0. The first-order valence-electron chi connectivity index (χ1n) is 21.0. The van der Waals surface area contributed by atoms with Crippen LogP contribution in [0.5, 0.6) is 11.6 Å². The number of benzene rings is 2. The Morgan fingerprint density at radius 3 is 2.46 bits per heavy atom. The summed E-state index contributed by atoms with van der Waals surface area (Å²) >= 11 is 0. The van der Waals surface area contributed by atoms with Crippen LogP contribution >= 0.6 is 0 Å². The standard InChI is InChI=1S/C46H49N7O6/c1-50(30-19-33(20-30)59-42-13-7-29(24-48-42)28-6-9-34-37-25-47-15-14-38(37)51(2)40(34)18-28)31-22-46(23-31)26-52(27-46)16-4-3-5-17-58-32-8-10-35-36(21-32)45(57)53(44(35)56)39-11-12-41(54)49-43(39)55/h6-10,13-15,18,21,24-25,30-31,33,39H,3-5,11-12,16-17,19-20,22-23,26-27H2,1-2H3,(H,49,54,55). The number of ether oxygens (including phenoxy) is 2. The van der Waals surface area contributed by atoms with Crippen molar-refractivity contribution in [2.45, 2.75) is 82.0 Å². The van der Waals surface area contributed by atoms with E-state index in [1.165, 1.54) is 47.7 Å². The van der Waals surface area contributed by atoms with E-state index < -0.39 is 29.7 Å². The topological polar surface area (TPSA) is 139 Å². The van der Waals surface area contributed by atoms with Gasteiger partial charge in [-0.15, -0.1) is 0 Å². The molecule has 1 atom stereocenters. The van der Waals surface area contributed by atoms with Crippen molar-refractivity contribution in [3.05, 3.63) is 84.3 Å². The molecule has 2 aliphatic carbocycles. The number of carbonyl (C=O) groups is 4. The Kier molecular flexibility index (Phi) is 9.47. The molecule has 6 heterocycles. The third-order valence-corrected chi connectivity index (χ3v) is 13.6. The van der Waals surface area contributed by atoms with Gasteiger partial charge in [-0.1, -0.05) is 12.1 Å². The van der Waals surface area contributed by atoms with Gasteiger partial charge in [-0.2, -0.15) is 0 Å². The van der Waals surface area contributed by atoms with E-state index in [1.807, 2.05) is 24.7 Å². The Morgan fingerprint density at radius 2 is 1.66 bits per heavy atom. The summed E-state index contributed by atoms with van der Waals surface area (Å²) in [7, 11) is 4.40. The zero-order valence-electron chi connectivity index (χ0n) is 33.6. The zero-order valence-corrected chi connectivity index (χ0v) is 33.6. The number of piperidine rings is 1. The van der Waals surface area contributed by atoms with Gasteiger partial charge in [-0.3, -0.25) is 34.4 Å². The molecule has 3 aliphatic heterocycles. The van der Waals surface area contributed by atoms with E-state index in [9.17, 15) is 19.2 Å². The number of aromatic nitrogens is 3. The molecule has 13 nitrogen and oxygen atoms in total. The second-order valence-electron chi connectivity index (χ2n) is 17.4. The minimum atomic E-state index is -0.974. The van der Waals surface area contributed by atoms with E-state index >= 15 is 0 Å². The minimum absolute atomic E-state index is 0.0925. The summed E-state index contributed by atoms with van der Waals surface area (Å²) in [5.41, 5.74) is 5.55. The number of unbranched alkanes of at least 4 members (excludes halogenated alkanes) is 2. The molecule has 5 aliphatic rings. The molecule has 59 heavy (non-hydrogen) atoms. The molecule has 1 unspecified atom stereocenters. The van der Waals surface area contributed by atoms with E-state index in [2.05, 4.69) is 74.1 Å². The number of carbonyl (C=O) groups excluding carboxylic acids is 4. The number of hydrogen-bond donors (Lipinski definition) is 1. The highest BCUT2D eigenvalue weighted by Crippen LogP contribution is 2.51. The highest BCUT2D eigenvalue weighted by molar-refractivity contribution is 6.23. The third kappa shape index (κ3) is 6.83. The lowest BCUT2D eigenvalue weighted by Gasteiger charge is -2.62. The number of rotatable bonds is 13. The average Bonchev–Trinajstić information content (AvgIpc) is 3.62. The highest BCUT2D eigenvalue weighted by Gasteiger charge is 2.54. The predicted octanol–water partition coefficient (Wildman–Crippen LogP) is 5.75. The number of imide groups is 2. The van der Waals surface area contributed by atoms with E-state index in [0.29, 0.717) is 35.7 Å². The van der Waals surface area contributed by atoms with Crippen molar-refractivity contribution in [1.82, 2.24) is 34.6 Å². The van der Waals surface area contributed by atoms with Gasteiger partial charge in [-0.05, 0) is 99.5 Å². The summed E-state index contributed by atoms with van der Waals surface area (Å²) in [6.07, 6.45) is 13.8. The smallest absolute Gasteiger partial charge is 0.262 e. The van der Waals surface area contributed by atoms with E-state index in [-0.39, 0.29) is 30.1 Å². The van der Waals surface area contributed by atoms with Crippen LogP contribution in [0.3, 0.4) is 0 Å². The number of nitrogens with zero attached hydrogens (tertiary/aromatic N) is 6. The van der Waals surface area contributed by atoms with Gasteiger partial charge in [0.15, 0.2) is 0 Å². The molecular formula is C46H49N7O6. The summed E-state index contributed by atoms with van der Waals surface area (Å²) in [6, 6.07) is 17.8. The number of amides is 4. The molecule has 13 heteroatoms. The molecule has 10 rings (SSSR count). The summed E-state index contributed by atoms with van der Waals surface area (Å²) in [5.74, 6) is -0.817. The Labute approximate surface area is 342 Å². The second kappa shape index (κ2) is 14.9. The molecule has 2 aromatic carbocycles. The number of pyridine rings is 2. The van der Waals surface area contributed by atoms with E-state index in [4.69, 9.17) is 9.47 Å². The van der Waals surface area contributed by atoms with Crippen LogP contribution < -0.4 is 14.8 Å². The van der Waals surface area contributed by atoms with Crippen molar-refractivity contribution in [3.8, 4) is 22.8 Å². The van der Waals surface area contributed by atoms with Gasteiger partial charge >= 0.3 is 0 Å². The molecule has 2 saturated heterocycles. The number of aryl methyl sites for hydroxylation is 1. The van der Waals surface area contributed by atoms with Crippen LogP contribution in [0.15, 0.2) is 73.2 Å². The van der Waals surface area contributed by atoms with Crippen LogP contribution in [-0.4, -0.2) is 110 Å². The lowest BCUT2D eigenvalue weighted by atomic mass is 9.59. The molecule has 1 spiro atoms. The highest BCUT2D eigenvalue weighted by atomic mass is 16.5. The monoisotopic (exact) mass is 795 g/mol. The SMILES string of the molecule is CN(C1CC(Oc2ccc(-c3ccc4c5cnccc5n(C)c4c3)cn2)C1)C1CC2(C1)CN(CCCCCOc1ccc3c(c1)C(=O)N(C1CCC(=O)NC1=O)C3=O)C2. The lowest BCUT2D eigenvalue weighted by molar-refractivity contribution is -0.136. The zero-order chi connectivity index (χ0) is 40.4. The fraction of sp³-hybridized carbons (Fsp3) is 0.435. The van der Waals surface area contributed by atoms with Crippen molar-refractivity contribution in [3.63, 3.8) is 0 Å². The van der Waals surface area contributed by atoms with Gasteiger partial charge in [0.25, 0.3) is 11.8 Å². The number of nitrogens with one attached hydrogen (secondary N) is 1. The van der Waals surface area contributed by atoms with Crippen molar-refractivity contribution in [2.24, 2.45) is 12.5 Å². The Hall–Kier alpha value is -5.66. The van der Waals surface area contributed by atoms with Crippen LogP contribution in [0.1, 0.15) is 78.5 Å². The second-order valence-corrected chi connectivity index (χ2v) is 17.4. The lowest BCUT2D eigenvalue weighted by Crippen LogP contribution is -2.67. The first kappa shape index (κ1) is 37.6. The minimum Gasteiger partial charge on any atom is -0.494 e. The van der Waals surface area contributed by atoms with Gasteiger partial charge in [0.1, 0.15) is 17.9 Å². The number of fused-ring (bicyclic) bond motifs is 4.